The number of hydrogen-bond acceptors (Lipinski definition) is 5. The molecule has 1 saturated carbocycles. The van der Waals surface area contributed by atoms with Crippen LogP contribution in [0.2, 0.25) is 0 Å². The van der Waals surface area contributed by atoms with Gasteiger partial charge >= 0.3 is 5.97 Å². The summed E-state index contributed by atoms with van der Waals surface area (Å²) in [5.41, 5.74) is 0.178. The first-order valence-corrected chi connectivity index (χ1v) is 7.79. The summed E-state index contributed by atoms with van der Waals surface area (Å²) in [7, 11) is 0. The third-order valence-corrected chi connectivity index (χ3v) is 3.42. The van der Waals surface area contributed by atoms with Crippen LogP contribution < -0.4 is 0 Å². The third-order valence-electron chi connectivity index (χ3n) is 3.42. The highest BCUT2D eigenvalue weighted by Crippen LogP contribution is 2.33. The van der Waals surface area contributed by atoms with Crippen molar-refractivity contribution in [1.29, 1.82) is 0 Å². The first-order valence-electron chi connectivity index (χ1n) is 7.79. The van der Waals surface area contributed by atoms with Gasteiger partial charge in [-0.3, -0.25) is 4.79 Å². The summed E-state index contributed by atoms with van der Waals surface area (Å²) in [5.74, 6) is 6.10. The Kier molecular flexibility index (Phi) is 5.62. The minimum absolute atomic E-state index is 0.122. The van der Waals surface area contributed by atoms with E-state index in [1.54, 1.807) is 12.1 Å². The lowest BCUT2D eigenvalue weighted by Gasteiger charge is -2.34. The van der Waals surface area contributed by atoms with Crippen molar-refractivity contribution in [3.63, 3.8) is 0 Å². The molecule has 0 spiro atoms. The van der Waals surface area contributed by atoms with E-state index >= 15 is 0 Å². The summed E-state index contributed by atoms with van der Waals surface area (Å²) < 4.78 is 10.9. The van der Waals surface area contributed by atoms with Crippen molar-refractivity contribution < 1.29 is 19.4 Å². The van der Waals surface area contributed by atoms with Crippen molar-refractivity contribution in [2.75, 3.05) is 6.61 Å². The molecular formula is C18H23NO4. The molecule has 124 valence electrons. The molecule has 1 aromatic heterocycles. The van der Waals surface area contributed by atoms with Gasteiger partial charge in [0.2, 0.25) is 0 Å². The first-order chi connectivity index (χ1) is 10.8. The van der Waals surface area contributed by atoms with Gasteiger partial charge in [0.25, 0.3) is 0 Å². The number of ether oxygens (including phenoxy) is 2. The smallest absolute Gasteiger partial charge is 0.306 e. The second-order valence-corrected chi connectivity index (χ2v) is 6.76. The number of pyridine rings is 1. The maximum atomic E-state index is 11.7. The van der Waals surface area contributed by atoms with Gasteiger partial charge in [0, 0.05) is 6.42 Å². The molecule has 0 aliphatic heterocycles. The van der Waals surface area contributed by atoms with Crippen molar-refractivity contribution in [2.24, 2.45) is 5.92 Å². The maximum absolute atomic E-state index is 11.7. The van der Waals surface area contributed by atoms with Crippen LogP contribution in [0.15, 0.2) is 18.3 Å². The fourth-order valence-electron chi connectivity index (χ4n) is 2.34. The van der Waals surface area contributed by atoms with E-state index in [9.17, 15) is 4.79 Å². The molecule has 0 unspecified atom stereocenters. The average molecular weight is 317 g/mol. The van der Waals surface area contributed by atoms with Crippen molar-refractivity contribution in [2.45, 2.75) is 51.7 Å². The van der Waals surface area contributed by atoms with Gasteiger partial charge in [-0.25, -0.2) is 4.98 Å². The molecule has 1 aliphatic rings. The van der Waals surface area contributed by atoms with Crippen LogP contribution in [-0.4, -0.2) is 34.4 Å². The number of carbonyl (C=O) groups excluding carboxylic acids is 1. The number of nitrogens with zero attached hydrogens (tertiary/aromatic N) is 1. The maximum Gasteiger partial charge on any atom is 0.306 e. The van der Waals surface area contributed by atoms with Crippen LogP contribution in [0, 0.1) is 17.8 Å². The minimum Gasteiger partial charge on any atom is -0.506 e. The van der Waals surface area contributed by atoms with E-state index in [-0.39, 0.29) is 17.8 Å². The van der Waals surface area contributed by atoms with Crippen LogP contribution in [-0.2, 0) is 14.3 Å². The highest BCUT2D eigenvalue weighted by Gasteiger charge is 2.32. The molecule has 5 nitrogen and oxygen atoms in total. The molecule has 0 bridgehead atoms. The Morgan fingerprint density at radius 3 is 2.74 bits per heavy atom. The lowest BCUT2D eigenvalue weighted by atomic mass is 9.80. The lowest BCUT2D eigenvalue weighted by molar-refractivity contribution is -0.158. The fraction of sp³-hybridized carbons (Fsp3) is 0.556. The second-order valence-electron chi connectivity index (χ2n) is 6.76. The van der Waals surface area contributed by atoms with E-state index in [1.165, 1.54) is 6.20 Å². The fourth-order valence-corrected chi connectivity index (χ4v) is 2.34. The Labute approximate surface area is 137 Å². The molecule has 1 aliphatic carbocycles. The molecule has 0 saturated heterocycles. The van der Waals surface area contributed by atoms with Crippen LogP contribution in [0.4, 0.5) is 0 Å². The quantitative estimate of drug-likeness (QED) is 0.683. The molecule has 23 heavy (non-hydrogen) atoms. The molecular weight excluding hydrogens is 294 g/mol. The Morgan fingerprint density at radius 2 is 2.13 bits per heavy atom. The summed E-state index contributed by atoms with van der Waals surface area (Å²) in [6, 6.07) is 3.20. The highest BCUT2D eigenvalue weighted by atomic mass is 16.6. The summed E-state index contributed by atoms with van der Waals surface area (Å²) in [4.78, 5) is 15.7. The van der Waals surface area contributed by atoms with E-state index in [0.717, 1.165) is 12.8 Å². The Bertz CT molecular complexity index is 586. The molecule has 1 aromatic rings. The van der Waals surface area contributed by atoms with Gasteiger partial charge in [-0.15, -0.1) is 0 Å². The van der Waals surface area contributed by atoms with Crippen LogP contribution in [0.5, 0.6) is 5.75 Å². The standard InChI is InChI=1S/C18H23NO4/c1-18(2,3)23-17(21)11-13-9-16(10-13)22-8-4-5-14-6-7-15(20)12-19-14/h6-7,12-13,16,20H,8-11H2,1-3H3. The molecule has 1 N–H and O–H groups in total. The first kappa shape index (κ1) is 17.3. The summed E-state index contributed by atoms with van der Waals surface area (Å²) >= 11 is 0. The Morgan fingerprint density at radius 1 is 1.39 bits per heavy atom. The molecule has 0 aromatic carbocycles. The summed E-state index contributed by atoms with van der Waals surface area (Å²) in [6.45, 7) is 5.96. The number of aromatic hydroxyl groups is 1. The van der Waals surface area contributed by atoms with Gasteiger partial charge in [-0.05, 0) is 57.6 Å². The molecule has 1 heterocycles. The minimum atomic E-state index is -0.422. The number of hydrogen-bond donors (Lipinski definition) is 1. The van der Waals surface area contributed by atoms with Gasteiger partial charge in [0.05, 0.1) is 12.3 Å². The van der Waals surface area contributed by atoms with E-state index in [4.69, 9.17) is 14.6 Å². The van der Waals surface area contributed by atoms with Gasteiger partial charge in [-0.2, -0.15) is 0 Å². The van der Waals surface area contributed by atoms with E-state index in [1.807, 2.05) is 20.8 Å². The van der Waals surface area contributed by atoms with Gasteiger partial charge < -0.3 is 14.6 Å². The zero-order chi connectivity index (χ0) is 16.9. The van der Waals surface area contributed by atoms with Crippen molar-refractivity contribution >= 4 is 5.97 Å². The largest absolute Gasteiger partial charge is 0.506 e. The number of rotatable bonds is 4. The summed E-state index contributed by atoms with van der Waals surface area (Å²) in [6.07, 6.45) is 3.74. The van der Waals surface area contributed by atoms with Crippen LogP contribution in [0.3, 0.4) is 0 Å². The third kappa shape index (κ3) is 6.29. The number of esters is 1. The molecule has 0 atom stereocenters. The zero-order valence-corrected chi connectivity index (χ0v) is 13.8. The monoisotopic (exact) mass is 317 g/mol. The SMILES string of the molecule is CC(C)(C)OC(=O)CC1CC(OCC#Cc2ccc(O)cn2)C1. The molecule has 0 radical (unpaired) electrons. The van der Waals surface area contributed by atoms with Crippen LogP contribution in [0.25, 0.3) is 0 Å². The highest BCUT2D eigenvalue weighted by molar-refractivity contribution is 5.70. The Hall–Kier alpha value is -2.06. The van der Waals surface area contributed by atoms with Gasteiger partial charge in [0.1, 0.15) is 23.7 Å². The van der Waals surface area contributed by atoms with Crippen molar-refractivity contribution in [1.82, 2.24) is 4.98 Å². The number of aromatic nitrogens is 1. The van der Waals surface area contributed by atoms with Crippen LogP contribution >= 0.6 is 0 Å². The zero-order valence-electron chi connectivity index (χ0n) is 13.8. The molecule has 2 rings (SSSR count). The molecule has 0 amide bonds. The summed E-state index contributed by atoms with van der Waals surface area (Å²) in [5, 5.41) is 9.12. The topological polar surface area (TPSA) is 68.7 Å². The van der Waals surface area contributed by atoms with Gasteiger partial charge in [-0.1, -0.05) is 5.92 Å². The lowest BCUT2D eigenvalue weighted by Crippen LogP contribution is -2.34. The Balaban J connectivity index is 1.62. The van der Waals surface area contributed by atoms with E-state index in [2.05, 4.69) is 16.8 Å². The molecule has 1 fully saturated rings. The van der Waals surface area contributed by atoms with Gasteiger partial charge in [0.15, 0.2) is 0 Å². The normalized spacial score (nSPS) is 20.1. The predicted octanol–water partition coefficient (Wildman–Crippen LogP) is 2.67. The van der Waals surface area contributed by atoms with E-state index < -0.39 is 5.60 Å². The van der Waals surface area contributed by atoms with Crippen molar-refractivity contribution in [3.05, 3.63) is 24.0 Å². The van der Waals surface area contributed by atoms with Crippen LogP contribution in [0.1, 0.15) is 45.7 Å². The van der Waals surface area contributed by atoms with E-state index in [0.29, 0.717) is 24.6 Å². The van der Waals surface area contributed by atoms with Crippen molar-refractivity contribution in [3.8, 4) is 17.6 Å². The molecule has 5 heteroatoms. The predicted molar refractivity (Wildman–Crippen MR) is 85.7 cm³/mol. The second kappa shape index (κ2) is 7.47. The average Bonchev–Trinajstić information content (AvgIpc) is 2.40. The number of carbonyl (C=O) groups is 1.